The Kier molecular flexibility index (Phi) is 5.18. The van der Waals surface area contributed by atoms with Crippen LogP contribution in [0.1, 0.15) is 27.1 Å². The van der Waals surface area contributed by atoms with Gasteiger partial charge in [-0.3, -0.25) is 9.59 Å². The first-order chi connectivity index (χ1) is 12.1. The number of nitrogen functional groups attached to an aromatic ring is 1. The highest BCUT2D eigenvalue weighted by Crippen LogP contribution is 2.24. The fraction of sp³-hybridized carbons (Fsp3) is 0.353. The Morgan fingerprint density at radius 2 is 1.88 bits per heavy atom. The molecule has 2 heterocycles. The van der Waals surface area contributed by atoms with Crippen molar-refractivity contribution in [2.75, 3.05) is 43.4 Å². The maximum Gasteiger partial charge on any atom is 0.273 e. The Morgan fingerprint density at radius 3 is 2.52 bits per heavy atom. The average molecular weight is 359 g/mol. The Labute approximate surface area is 150 Å². The standard InChI is InChI=1S/C17H21N5O2S/c1-2-19-16(23)14-13(18)15(25-20-14)17(24)22-10-8-21(9-11-22)12-6-4-3-5-7-12/h3-7H,2,8-11,18H2,1H3,(H,19,23). The number of aromatic nitrogens is 1. The largest absolute Gasteiger partial charge is 0.395 e. The van der Waals surface area contributed by atoms with Crippen LogP contribution in [-0.2, 0) is 0 Å². The normalized spacial score (nSPS) is 14.4. The van der Waals surface area contributed by atoms with E-state index in [0.29, 0.717) is 24.5 Å². The minimum Gasteiger partial charge on any atom is -0.395 e. The van der Waals surface area contributed by atoms with Crippen LogP contribution in [0.25, 0.3) is 0 Å². The number of hydrogen-bond acceptors (Lipinski definition) is 6. The van der Waals surface area contributed by atoms with Gasteiger partial charge in [0.2, 0.25) is 0 Å². The zero-order valence-electron chi connectivity index (χ0n) is 14.1. The molecule has 0 radical (unpaired) electrons. The molecule has 1 fully saturated rings. The number of hydrogen-bond donors (Lipinski definition) is 2. The van der Waals surface area contributed by atoms with Crippen molar-refractivity contribution >= 4 is 34.7 Å². The van der Waals surface area contributed by atoms with Gasteiger partial charge in [-0.25, -0.2) is 0 Å². The zero-order valence-corrected chi connectivity index (χ0v) is 14.9. The molecule has 3 rings (SSSR count). The van der Waals surface area contributed by atoms with Gasteiger partial charge in [-0.1, -0.05) is 18.2 Å². The first-order valence-electron chi connectivity index (χ1n) is 8.24. The van der Waals surface area contributed by atoms with E-state index in [9.17, 15) is 9.59 Å². The molecule has 8 heteroatoms. The van der Waals surface area contributed by atoms with Crippen LogP contribution in [0.2, 0.25) is 0 Å². The topological polar surface area (TPSA) is 91.6 Å². The number of anilines is 2. The summed E-state index contributed by atoms with van der Waals surface area (Å²) in [7, 11) is 0. The van der Waals surface area contributed by atoms with Gasteiger partial charge < -0.3 is 20.9 Å². The van der Waals surface area contributed by atoms with Gasteiger partial charge in [0.05, 0.1) is 5.69 Å². The maximum atomic E-state index is 12.7. The Hall–Kier alpha value is -2.61. The summed E-state index contributed by atoms with van der Waals surface area (Å²) >= 11 is 0.989. The molecule has 132 valence electrons. The van der Waals surface area contributed by atoms with Crippen LogP contribution in [0.15, 0.2) is 30.3 Å². The molecule has 1 saturated heterocycles. The monoisotopic (exact) mass is 359 g/mol. The van der Waals surface area contributed by atoms with Crippen LogP contribution in [-0.4, -0.2) is 53.8 Å². The summed E-state index contributed by atoms with van der Waals surface area (Å²) in [5.74, 6) is -0.498. The third kappa shape index (κ3) is 3.58. The summed E-state index contributed by atoms with van der Waals surface area (Å²) in [6.45, 7) is 5.05. The van der Waals surface area contributed by atoms with E-state index in [-0.39, 0.29) is 23.2 Å². The average Bonchev–Trinajstić information content (AvgIpc) is 3.04. The van der Waals surface area contributed by atoms with Crippen molar-refractivity contribution < 1.29 is 9.59 Å². The minimum atomic E-state index is -0.343. The highest BCUT2D eigenvalue weighted by molar-refractivity contribution is 7.09. The molecule has 1 aromatic carbocycles. The van der Waals surface area contributed by atoms with Crippen molar-refractivity contribution in [1.29, 1.82) is 0 Å². The molecule has 1 aliphatic heterocycles. The lowest BCUT2D eigenvalue weighted by atomic mass is 10.2. The van der Waals surface area contributed by atoms with E-state index in [1.54, 1.807) is 4.90 Å². The van der Waals surface area contributed by atoms with Crippen molar-refractivity contribution in [3.63, 3.8) is 0 Å². The van der Waals surface area contributed by atoms with Gasteiger partial charge >= 0.3 is 0 Å². The fourth-order valence-corrected chi connectivity index (χ4v) is 3.58. The van der Waals surface area contributed by atoms with Gasteiger partial charge in [-0.2, -0.15) is 4.37 Å². The number of amides is 2. The molecule has 0 aliphatic carbocycles. The van der Waals surface area contributed by atoms with Gasteiger partial charge in [-0.15, -0.1) is 0 Å². The number of nitrogens with one attached hydrogen (secondary N) is 1. The lowest BCUT2D eigenvalue weighted by Crippen LogP contribution is -2.48. The number of nitrogens with zero attached hydrogens (tertiary/aromatic N) is 3. The molecule has 1 aromatic heterocycles. The third-order valence-corrected chi connectivity index (χ3v) is 5.01. The van der Waals surface area contributed by atoms with Crippen molar-refractivity contribution in [2.24, 2.45) is 0 Å². The van der Waals surface area contributed by atoms with Gasteiger partial charge in [0.15, 0.2) is 5.69 Å². The molecule has 0 saturated carbocycles. The molecule has 0 unspecified atom stereocenters. The van der Waals surface area contributed by atoms with Crippen molar-refractivity contribution in [3.8, 4) is 0 Å². The Bertz CT molecular complexity index is 754. The molecule has 0 spiro atoms. The summed E-state index contributed by atoms with van der Waals surface area (Å²) in [4.78, 5) is 29.0. The highest BCUT2D eigenvalue weighted by Gasteiger charge is 2.28. The summed E-state index contributed by atoms with van der Waals surface area (Å²) in [6.07, 6.45) is 0. The molecular weight excluding hydrogens is 338 g/mol. The van der Waals surface area contributed by atoms with Crippen LogP contribution in [0.3, 0.4) is 0 Å². The van der Waals surface area contributed by atoms with E-state index in [1.165, 1.54) is 0 Å². The third-order valence-electron chi connectivity index (χ3n) is 4.16. The lowest BCUT2D eigenvalue weighted by molar-refractivity contribution is 0.0752. The highest BCUT2D eigenvalue weighted by atomic mass is 32.1. The smallest absolute Gasteiger partial charge is 0.273 e. The quantitative estimate of drug-likeness (QED) is 0.862. The number of piperazine rings is 1. The van der Waals surface area contributed by atoms with Gasteiger partial charge in [0.25, 0.3) is 11.8 Å². The number of rotatable bonds is 4. The van der Waals surface area contributed by atoms with Gasteiger partial charge in [-0.05, 0) is 30.6 Å². The minimum absolute atomic E-state index is 0.137. The first kappa shape index (κ1) is 17.2. The van der Waals surface area contributed by atoms with Crippen LogP contribution in [0.4, 0.5) is 11.4 Å². The SMILES string of the molecule is CCNC(=O)c1nsc(C(=O)N2CCN(c3ccccc3)CC2)c1N. The maximum absolute atomic E-state index is 12.7. The van der Waals surface area contributed by atoms with E-state index in [0.717, 1.165) is 30.3 Å². The number of carbonyl (C=O) groups is 2. The van der Waals surface area contributed by atoms with Crippen molar-refractivity contribution in [2.45, 2.75) is 6.92 Å². The lowest BCUT2D eigenvalue weighted by Gasteiger charge is -2.36. The van der Waals surface area contributed by atoms with Crippen LogP contribution < -0.4 is 16.0 Å². The van der Waals surface area contributed by atoms with Gasteiger partial charge in [0, 0.05) is 38.4 Å². The van der Waals surface area contributed by atoms with E-state index in [4.69, 9.17) is 5.73 Å². The van der Waals surface area contributed by atoms with E-state index < -0.39 is 0 Å². The van der Waals surface area contributed by atoms with Crippen molar-refractivity contribution in [1.82, 2.24) is 14.6 Å². The van der Waals surface area contributed by atoms with Crippen LogP contribution in [0, 0.1) is 0 Å². The molecule has 25 heavy (non-hydrogen) atoms. The Balaban J connectivity index is 1.66. The van der Waals surface area contributed by atoms with Gasteiger partial charge in [0.1, 0.15) is 4.88 Å². The van der Waals surface area contributed by atoms with E-state index in [1.807, 2.05) is 25.1 Å². The molecule has 3 N–H and O–H groups in total. The molecule has 2 amide bonds. The summed E-state index contributed by atoms with van der Waals surface area (Å²) < 4.78 is 4.06. The zero-order chi connectivity index (χ0) is 17.8. The molecule has 1 aliphatic rings. The Morgan fingerprint density at radius 1 is 1.20 bits per heavy atom. The second kappa shape index (κ2) is 7.52. The second-order valence-corrected chi connectivity index (χ2v) is 6.52. The van der Waals surface area contributed by atoms with Crippen LogP contribution >= 0.6 is 11.5 Å². The molecule has 7 nitrogen and oxygen atoms in total. The number of nitrogens with two attached hydrogens (primary N) is 1. The van der Waals surface area contributed by atoms with E-state index >= 15 is 0 Å². The fourth-order valence-electron chi connectivity index (χ4n) is 2.81. The van der Waals surface area contributed by atoms with E-state index in [2.05, 4.69) is 26.7 Å². The predicted molar refractivity (Wildman–Crippen MR) is 99.1 cm³/mol. The number of para-hydroxylation sites is 1. The molecular formula is C17H21N5O2S. The van der Waals surface area contributed by atoms with Crippen LogP contribution in [0.5, 0.6) is 0 Å². The second-order valence-electron chi connectivity index (χ2n) is 5.75. The summed E-state index contributed by atoms with van der Waals surface area (Å²) in [5, 5.41) is 2.65. The summed E-state index contributed by atoms with van der Waals surface area (Å²) in [6, 6.07) is 10.1. The summed E-state index contributed by atoms with van der Waals surface area (Å²) in [5.41, 5.74) is 7.46. The molecule has 0 atom stereocenters. The predicted octanol–water partition coefficient (Wildman–Crippen LogP) is 1.44. The number of carbonyl (C=O) groups excluding carboxylic acids is 2. The number of benzene rings is 1. The van der Waals surface area contributed by atoms with Crippen molar-refractivity contribution in [3.05, 3.63) is 40.9 Å². The molecule has 2 aromatic rings. The molecule has 0 bridgehead atoms. The first-order valence-corrected chi connectivity index (χ1v) is 9.01.